The number of benzene rings is 3. The Bertz CT molecular complexity index is 1300. The zero-order valence-electron chi connectivity index (χ0n) is 14.7. The minimum Gasteiger partial charge on any atom is -0.280 e. The van der Waals surface area contributed by atoms with Crippen LogP contribution in [-0.4, -0.2) is 16.8 Å². The van der Waals surface area contributed by atoms with E-state index in [1.165, 1.54) is 30.3 Å². The first kappa shape index (κ1) is 22.3. The molecular formula is C18H12Cl2F2N2O4S2. The van der Waals surface area contributed by atoms with Gasteiger partial charge in [0.15, 0.2) is 11.6 Å². The van der Waals surface area contributed by atoms with Crippen molar-refractivity contribution in [2.24, 2.45) is 0 Å². The molecule has 0 aliphatic carbocycles. The molecule has 0 bridgehead atoms. The number of sulfonamides is 2. The van der Waals surface area contributed by atoms with E-state index in [4.69, 9.17) is 23.2 Å². The fourth-order valence-electron chi connectivity index (χ4n) is 2.37. The Hall–Kier alpha value is -2.40. The first-order valence-corrected chi connectivity index (χ1v) is 11.8. The van der Waals surface area contributed by atoms with Gasteiger partial charge >= 0.3 is 0 Å². The van der Waals surface area contributed by atoms with E-state index in [9.17, 15) is 25.6 Å². The third-order valence-electron chi connectivity index (χ3n) is 3.74. The van der Waals surface area contributed by atoms with Gasteiger partial charge in [-0.2, -0.15) is 0 Å². The summed E-state index contributed by atoms with van der Waals surface area (Å²) in [6.07, 6.45) is 0. The molecule has 6 nitrogen and oxygen atoms in total. The van der Waals surface area contributed by atoms with Gasteiger partial charge in [0.25, 0.3) is 20.0 Å². The van der Waals surface area contributed by atoms with Crippen LogP contribution in [0.4, 0.5) is 20.2 Å². The summed E-state index contributed by atoms with van der Waals surface area (Å²) in [6, 6.07) is 11.1. The molecule has 0 aromatic heterocycles. The predicted octanol–water partition coefficient (Wildman–Crippen LogP) is 4.87. The van der Waals surface area contributed by atoms with Crippen molar-refractivity contribution in [3.8, 4) is 0 Å². The molecule has 0 unspecified atom stereocenters. The van der Waals surface area contributed by atoms with Crippen LogP contribution in [0.15, 0.2) is 70.5 Å². The quantitative estimate of drug-likeness (QED) is 0.513. The summed E-state index contributed by atoms with van der Waals surface area (Å²) < 4.78 is 80.3. The molecular weight excluding hydrogens is 481 g/mol. The lowest BCUT2D eigenvalue weighted by molar-refractivity contribution is 0.509. The van der Waals surface area contributed by atoms with E-state index in [1.807, 2.05) is 0 Å². The highest BCUT2D eigenvalue weighted by Crippen LogP contribution is 2.25. The van der Waals surface area contributed by atoms with Crippen molar-refractivity contribution in [1.29, 1.82) is 0 Å². The van der Waals surface area contributed by atoms with Crippen LogP contribution in [-0.2, 0) is 20.0 Å². The molecule has 12 heteroatoms. The Morgan fingerprint density at radius 3 is 1.67 bits per heavy atom. The number of hydrogen-bond acceptors (Lipinski definition) is 4. The minimum absolute atomic E-state index is 0.0814. The van der Waals surface area contributed by atoms with Crippen molar-refractivity contribution in [3.63, 3.8) is 0 Å². The van der Waals surface area contributed by atoms with Crippen LogP contribution in [0.5, 0.6) is 0 Å². The summed E-state index contributed by atoms with van der Waals surface area (Å²) in [5, 5.41) is 0.264. The van der Waals surface area contributed by atoms with E-state index in [0.717, 1.165) is 24.3 Å². The normalized spacial score (nSPS) is 11.9. The van der Waals surface area contributed by atoms with Crippen LogP contribution in [0, 0.1) is 11.6 Å². The van der Waals surface area contributed by atoms with Crippen LogP contribution >= 0.6 is 23.2 Å². The molecule has 0 saturated heterocycles. The van der Waals surface area contributed by atoms with E-state index < -0.39 is 31.7 Å². The Morgan fingerprint density at radius 2 is 1.10 bits per heavy atom. The van der Waals surface area contributed by atoms with E-state index in [2.05, 4.69) is 9.44 Å². The third kappa shape index (κ3) is 5.20. The van der Waals surface area contributed by atoms with Gasteiger partial charge in [0.1, 0.15) is 0 Å². The van der Waals surface area contributed by atoms with Crippen molar-refractivity contribution >= 4 is 54.6 Å². The molecule has 0 atom stereocenters. The number of rotatable bonds is 6. The largest absolute Gasteiger partial charge is 0.280 e. The van der Waals surface area contributed by atoms with Crippen molar-refractivity contribution in [2.45, 2.75) is 9.79 Å². The highest BCUT2D eigenvalue weighted by Gasteiger charge is 2.18. The molecule has 0 heterocycles. The molecule has 2 N–H and O–H groups in total. The molecule has 0 spiro atoms. The molecule has 0 amide bonds. The topological polar surface area (TPSA) is 92.3 Å². The molecule has 158 valence electrons. The second-order valence-electron chi connectivity index (χ2n) is 5.97. The Labute approximate surface area is 181 Å². The van der Waals surface area contributed by atoms with Crippen molar-refractivity contribution in [1.82, 2.24) is 0 Å². The lowest BCUT2D eigenvalue weighted by Crippen LogP contribution is -2.15. The zero-order chi connectivity index (χ0) is 22.1. The summed E-state index contributed by atoms with van der Waals surface area (Å²) >= 11 is 11.6. The maximum absolute atomic E-state index is 13.3. The summed E-state index contributed by atoms with van der Waals surface area (Å²) in [5.41, 5.74) is -0.0885. The summed E-state index contributed by atoms with van der Waals surface area (Å²) in [6.45, 7) is 0. The first-order valence-electron chi connectivity index (χ1n) is 8.03. The first-order chi connectivity index (χ1) is 14.0. The highest BCUT2D eigenvalue weighted by molar-refractivity contribution is 7.93. The van der Waals surface area contributed by atoms with Crippen LogP contribution in [0.1, 0.15) is 0 Å². The smallest absolute Gasteiger partial charge is 0.261 e. The standard InChI is InChI=1S/C18H12Cl2F2N2O4S2/c19-11-7-12(20)9-16(8-11)30(27,28)23-13-1-4-15(5-2-13)29(25,26)24-14-3-6-17(21)18(22)10-14/h1-10,23-24H. The summed E-state index contributed by atoms with van der Waals surface area (Å²) in [4.78, 5) is -0.391. The average Bonchev–Trinajstić information content (AvgIpc) is 2.64. The van der Waals surface area contributed by atoms with E-state index in [0.29, 0.717) is 6.07 Å². The van der Waals surface area contributed by atoms with E-state index in [-0.39, 0.29) is 31.2 Å². The average molecular weight is 493 g/mol. The van der Waals surface area contributed by atoms with Gasteiger partial charge in [-0.3, -0.25) is 9.44 Å². The van der Waals surface area contributed by atoms with Crippen LogP contribution in [0.2, 0.25) is 10.0 Å². The predicted molar refractivity (Wildman–Crippen MR) is 111 cm³/mol. The SMILES string of the molecule is O=S(=O)(Nc1ccc(F)c(F)c1)c1ccc(NS(=O)(=O)c2cc(Cl)cc(Cl)c2)cc1. The molecule has 0 aliphatic heterocycles. The van der Waals surface area contributed by atoms with Gasteiger partial charge < -0.3 is 0 Å². The molecule has 3 aromatic carbocycles. The summed E-state index contributed by atoms with van der Waals surface area (Å²) in [5.74, 6) is -2.32. The maximum atomic E-state index is 13.3. The van der Waals surface area contributed by atoms with Crippen molar-refractivity contribution < 1.29 is 25.6 Å². The lowest BCUT2D eigenvalue weighted by atomic mass is 10.3. The van der Waals surface area contributed by atoms with Crippen molar-refractivity contribution in [2.75, 3.05) is 9.44 Å². The molecule has 0 fully saturated rings. The molecule has 0 aliphatic rings. The number of anilines is 2. The van der Waals surface area contributed by atoms with Gasteiger partial charge in [-0.15, -0.1) is 0 Å². The molecule has 30 heavy (non-hydrogen) atoms. The van der Waals surface area contributed by atoms with Gasteiger partial charge in [-0.1, -0.05) is 23.2 Å². The fourth-order valence-corrected chi connectivity index (χ4v) is 5.21. The van der Waals surface area contributed by atoms with Crippen LogP contribution in [0.25, 0.3) is 0 Å². The second kappa shape index (κ2) is 8.38. The molecule has 3 rings (SSSR count). The Morgan fingerprint density at radius 1 is 0.600 bits per heavy atom. The number of nitrogens with one attached hydrogen (secondary N) is 2. The zero-order valence-corrected chi connectivity index (χ0v) is 17.9. The van der Waals surface area contributed by atoms with Gasteiger partial charge in [0.05, 0.1) is 15.5 Å². The molecule has 0 saturated carbocycles. The Kier molecular flexibility index (Phi) is 6.23. The lowest BCUT2D eigenvalue weighted by Gasteiger charge is -2.11. The van der Waals surface area contributed by atoms with Gasteiger partial charge in [0, 0.05) is 21.8 Å². The highest BCUT2D eigenvalue weighted by atomic mass is 35.5. The Balaban J connectivity index is 1.80. The molecule has 0 radical (unpaired) electrons. The van der Waals surface area contributed by atoms with Gasteiger partial charge in [0.2, 0.25) is 0 Å². The minimum atomic E-state index is -4.12. The van der Waals surface area contributed by atoms with E-state index >= 15 is 0 Å². The summed E-state index contributed by atoms with van der Waals surface area (Å²) in [7, 11) is -8.14. The molecule has 3 aromatic rings. The third-order valence-corrected chi connectivity index (χ3v) is 6.93. The van der Waals surface area contributed by atoms with E-state index in [1.54, 1.807) is 0 Å². The number of hydrogen-bond donors (Lipinski definition) is 2. The fraction of sp³-hybridized carbons (Fsp3) is 0. The van der Waals surface area contributed by atoms with Gasteiger partial charge in [-0.25, -0.2) is 25.6 Å². The monoisotopic (exact) mass is 492 g/mol. The van der Waals surface area contributed by atoms with Crippen molar-refractivity contribution in [3.05, 3.63) is 82.3 Å². The number of halogens is 4. The maximum Gasteiger partial charge on any atom is 0.261 e. The van der Waals surface area contributed by atoms with Gasteiger partial charge in [-0.05, 0) is 54.6 Å². The van der Waals surface area contributed by atoms with Crippen LogP contribution in [0.3, 0.4) is 0 Å². The second-order valence-corrected chi connectivity index (χ2v) is 10.2. The van der Waals surface area contributed by atoms with Crippen LogP contribution < -0.4 is 9.44 Å².